The lowest BCUT2D eigenvalue weighted by atomic mass is 11.6. The fourth-order valence-electron chi connectivity index (χ4n) is 0. The van der Waals surface area contributed by atoms with Gasteiger partial charge in [-0.05, 0) is 0 Å². The van der Waals surface area contributed by atoms with E-state index in [0.29, 0.717) is 0 Å². The zero-order chi connectivity index (χ0) is 7.15. The quantitative estimate of drug-likeness (QED) is 0.351. The average Bonchev–Trinajstić information content (AvgIpc) is 1.25. The van der Waals surface area contributed by atoms with Crippen LogP contribution in [0.25, 0.3) is 0 Å². The third-order valence-corrected chi connectivity index (χ3v) is 0. The minimum Gasteiger partial charge on any atom is -0.469 e. The van der Waals surface area contributed by atoms with Crippen LogP contribution in [0.4, 0.5) is 4.79 Å². The first kappa shape index (κ1) is 10.8. The van der Waals surface area contributed by atoms with Crippen LogP contribution >= 0.6 is 19.9 Å². The summed E-state index contributed by atoms with van der Waals surface area (Å²) in [5.41, 5.74) is -1.36. The highest BCUT2D eigenvalue weighted by atomic mass is 35.5. The molecule has 0 spiro atoms. The normalized spacial score (nSPS) is 7.50. The highest BCUT2D eigenvalue weighted by Gasteiger charge is 1.71. The fraction of sp³-hybridized carbons (Fsp3) is 0. The molecule has 0 rings (SSSR count). The molecule has 0 fully saturated rings. The van der Waals surface area contributed by atoms with Crippen molar-refractivity contribution in [3.8, 4) is 0 Å². The van der Waals surface area contributed by atoms with E-state index >= 15 is 0 Å². The summed E-state index contributed by atoms with van der Waals surface area (Å²) in [5, 5.41) is 7.18. The summed E-state index contributed by atoms with van der Waals surface area (Å²) in [4.78, 5) is 23.1. The maximum absolute atomic E-state index is 8.77. The van der Waals surface area contributed by atoms with Crippen LogP contribution < -0.4 is 0 Å². The van der Waals surface area contributed by atoms with E-state index in [-0.39, 0.29) is 0 Å². The van der Waals surface area contributed by atoms with E-state index in [1.54, 1.807) is 0 Å². The first-order chi connectivity index (χ1) is 3.46. The summed E-state index contributed by atoms with van der Waals surface area (Å²) < 4.78 is 8.74. The van der Waals surface area contributed by atoms with Gasteiger partial charge in [0.2, 0.25) is 0 Å². The average molecular weight is 162 g/mol. The summed E-state index contributed by atoms with van der Waals surface area (Å²) in [6.45, 7) is 0. The largest absolute Gasteiger partial charge is 0.469 e. The molecule has 5 nitrogen and oxygen atoms in total. The topological polar surface area (TPSA) is 94.8 Å². The van der Waals surface area contributed by atoms with Crippen molar-refractivity contribution in [1.29, 1.82) is 0 Å². The standard InChI is InChI=1S/CHClO2.H3O3P/c2-1(3)4;1-4(2)3/h(H,3,4);4H,(H2,1,2,3). The molecule has 0 aromatic rings. The van der Waals surface area contributed by atoms with Crippen LogP contribution in [0.2, 0.25) is 0 Å². The summed E-state index contributed by atoms with van der Waals surface area (Å²) in [7, 11) is -3.13. The van der Waals surface area contributed by atoms with Crippen molar-refractivity contribution < 1.29 is 24.3 Å². The van der Waals surface area contributed by atoms with Crippen molar-refractivity contribution in [2.24, 2.45) is 0 Å². The second-order valence-corrected chi connectivity index (χ2v) is 1.42. The van der Waals surface area contributed by atoms with E-state index in [4.69, 9.17) is 24.3 Å². The first-order valence-corrected chi connectivity index (χ1v) is 2.95. The van der Waals surface area contributed by atoms with Gasteiger partial charge in [0.15, 0.2) is 0 Å². The molecular weight excluding hydrogens is 158 g/mol. The molecule has 0 aliphatic carbocycles. The lowest BCUT2D eigenvalue weighted by Crippen LogP contribution is -1.66. The molecule has 3 N–H and O–H groups in total. The lowest BCUT2D eigenvalue weighted by molar-refractivity contribution is 0.220. The molecule has 0 aromatic carbocycles. The van der Waals surface area contributed by atoms with Gasteiger partial charge in [-0.3, -0.25) is 4.57 Å². The monoisotopic (exact) mass is 162 g/mol. The third-order valence-electron chi connectivity index (χ3n) is 0. The van der Waals surface area contributed by atoms with Crippen molar-refractivity contribution in [3.63, 3.8) is 0 Å². The van der Waals surface area contributed by atoms with Crippen molar-refractivity contribution in [1.82, 2.24) is 0 Å². The van der Waals surface area contributed by atoms with Gasteiger partial charge in [0.05, 0.1) is 0 Å². The Balaban J connectivity index is 0. The van der Waals surface area contributed by atoms with Gasteiger partial charge in [0.1, 0.15) is 0 Å². The van der Waals surface area contributed by atoms with E-state index in [2.05, 4.69) is 11.6 Å². The predicted molar refractivity (Wildman–Crippen MR) is 27.3 cm³/mol. The number of halogens is 1. The maximum atomic E-state index is 8.77. The highest BCUT2D eigenvalue weighted by molar-refractivity contribution is 7.30. The van der Waals surface area contributed by atoms with Gasteiger partial charge in [0, 0.05) is 11.6 Å². The van der Waals surface area contributed by atoms with Crippen LogP contribution in [0.3, 0.4) is 0 Å². The van der Waals surface area contributed by atoms with Crippen LogP contribution in [0, 0.1) is 0 Å². The molecule has 50 valence electrons. The molecule has 0 unspecified atom stereocenters. The molecule has 0 aromatic heterocycles. The molecule has 8 heavy (non-hydrogen) atoms. The number of hydrogen-bond donors (Lipinski definition) is 3. The summed E-state index contributed by atoms with van der Waals surface area (Å²) >= 11 is 4.19. The van der Waals surface area contributed by atoms with Crippen LogP contribution in [-0.4, -0.2) is 20.3 Å². The Morgan fingerprint density at radius 2 is 1.50 bits per heavy atom. The van der Waals surface area contributed by atoms with Crippen molar-refractivity contribution in [2.75, 3.05) is 0 Å². The number of rotatable bonds is 0. The molecule has 0 atom stereocenters. The van der Waals surface area contributed by atoms with E-state index in [9.17, 15) is 0 Å². The van der Waals surface area contributed by atoms with Gasteiger partial charge in [-0.1, -0.05) is 0 Å². The Kier molecular flexibility index (Phi) is 9.34. The molecule has 7 heteroatoms. The fourth-order valence-corrected chi connectivity index (χ4v) is 0. The molecule has 0 bridgehead atoms. The minimum atomic E-state index is -3.13. The Bertz CT molecular complexity index is 70.4. The second kappa shape index (κ2) is 6.91. The van der Waals surface area contributed by atoms with Crippen LogP contribution in [0.15, 0.2) is 0 Å². The third kappa shape index (κ3) is 17600. The second-order valence-electron chi connectivity index (χ2n) is 0.536. The lowest BCUT2D eigenvalue weighted by Gasteiger charge is -1.61. The van der Waals surface area contributed by atoms with Gasteiger partial charge in [-0.2, -0.15) is 0 Å². The zero-order valence-corrected chi connectivity index (χ0v) is 5.29. The molecule has 0 radical (unpaired) electrons. The molecular formula is CH4ClO5P. The SMILES string of the molecule is O=C(O)Cl.O=[PH](O)O. The van der Waals surface area contributed by atoms with Crippen LogP contribution in [-0.2, 0) is 4.57 Å². The summed E-state index contributed by atoms with van der Waals surface area (Å²) in [5.74, 6) is 0. The maximum Gasteiger partial charge on any atom is 0.401 e. The van der Waals surface area contributed by atoms with Gasteiger partial charge in [0.25, 0.3) is 0 Å². The molecule has 0 amide bonds. The molecule has 0 aliphatic heterocycles. The summed E-state index contributed by atoms with van der Waals surface area (Å²) in [6, 6.07) is 0. The van der Waals surface area contributed by atoms with Crippen LogP contribution in [0.5, 0.6) is 0 Å². The molecule has 0 saturated heterocycles. The van der Waals surface area contributed by atoms with E-state index in [1.165, 1.54) is 0 Å². The smallest absolute Gasteiger partial charge is 0.401 e. The van der Waals surface area contributed by atoms with Crippen molar-refractivity contribution in [2.45, 2.75) is 0 Å². The van der Waals surface area contributed by atoms with E-state index < -0.39 is 13.7 Å². The Morgan fingerprint density at radius 3 is 1.50 bits per heavy atom. The highest BCUT2D eigenvalue weighted by Crippen LogP contribution is 1.98. The minimum absolute atomic E-state index is 1.36. The Morgan fingerprint density at radius 1 is 1.50 bits per heavy atom. The van der Waals surface area contributed by atoms with E-state index in [0.717, 1.165) is 0 Å². The Labute approximate surface area is 50.5 Å². The van der Waals surface area contributed by atoms with Gasteiger partial charge >= 0.3 is 13.7 Å². The number of hydrogen-bond acceptors (Lipinski definition) is 2. The first-order valence-electron chi connectivity index (χ1n) is 1.27. The molecule has 0 aliphatic rings. The van der Waals surface area contributed by atoms with Crippen molar-refractivity contribution >= 4 is 25.3 Å². The van der Waals surface area contributed by atoms with Crippen LogP contribution in [0.1, 0.15) is 0 Å². The number of carbonyl (C=O) groups is 1. The van der Waals surface area contributed by atoms with E-state index in [1.807, 2.05) is 0 Å². The predicted octanol–water partition coefficient (Wildman–Crippen LogP) is 0.264. The van der Waals surface area contributed by atoms with Gasteiger partial charge in [-0.15, -0.1) is 0 Å². The van der Waals surface area contributed by atoms with Crippen molar-refractivity contribution in [3.05, 3.63) is 0 Å². The molecule has 0 heterocycles. The zero-order valence-electron chi connectivity index (χ0n) is 3.54. The Hall–Kier alpha value is -0.0900. The number of carboxylic acid groups (broad SMARTS) is 1. The molecule has 0 saturated carbocycles. The van der Waals surface area contributed by atoms with Gasteiger partial charge in [-0.25, -0.2) is 4.79 Å². The summed E-state index contributed by atoms with van der Waals surface area (Å²) in [6.07, 6.45) is 0. The van der Waals surface area contributed by atoms with Gasteiger partial charge < -0.3 is 14.9 Å².